The topological polar surface area (TPSA) is 66.3 Å². The van der Waals surface area contributed by atoms with E-state index in [1.165, 1.54) is 18.2 Å². The second kappa shape index (κ2) is 2.34. The number of phenolic OH excluding ortho intramolecular Hbond substituents is 1. The molecule has 10 heavy (non-hydrogen) atoms. The van der Waals surface area contributed by atoms with Crippen LogP contribution in [0.5, 0.6) is 5.75 Å². The lowest BCUT2D eigenvalue weighted by atomic mass is 10.3. The first-order chi connectivity index (χ1) is 4.70. The molecule has 0 heterocycles. The predicted molar refractivity (Wildman–Crippen MR) is 34.4 cm³/mol. The molecular formula is C6H6N2O2+. The molecule has 0 aromatic heterocycles. The van der Waals surface area contributed by atoms with E-state index >= 15 is 0 Å². The number of aromatic hydroxyl groups is 1. The van der Waals surface area contributed by atoms with Gasteiger partial charge in [0.1, 0.15) is 5.75 Å². The van der Waals surface area contributed by atoms with Crippen LogP contribution in [0.4, 0.5) is 5.69 Å². The third-order valence-electron chi connectivity index (χ3n) is 1.03. The highest BCUT2D eigenvalue weighted by Crippen LogP contribution is 2.12. The first kappa shape index (κ1) is 6.54. The quantitative estimate of drug-likeness (QED) is 0.337. The van der Waals surface area contributed by atoms with Crippen LogP contribution in [0.15, 0.2) is 18.2 Å². The van der Waals surface area contributed by atoms with Crippen LogP contribution in [0, 0.1) is 11.0 Å². The zero-order chi connectivity index (χ0) is 7.56. The molecule has 1 radical (unpaired) electrons. The Bertz CT molecular complexity index is 242. The minimum absolute atomic E-state index is 0.00870. The SMILES string of the molecule is N[N+](=O)c1c[c]c(O)cc1. The standard InChI is InChI=1S/C6H5N2O2/c7-8(10)5-1-3-6(9)4-2-5/h1-3H,(H2-,7,9,10)/p+1. The average molecular weight is 138 g/mol. The van der Waals surface area contributed by atoms with Crippen molar-refractivity contribution < 1.29 is 9.98 Å². The molecule has 1 rings (SSSR count). The van der Waals surface area contributed by atoms with Gasteiger partial charge in [0.05, 0.1) is 4.91 Å². The number of hydrogen-bond donors (Lipinski definition) is 2. The third-order valence-corrected chi connectivity index (χ3v) is 1.03. The number of hydrogen-bond acceptors (Lipinski definition) is 2. The molecule has 0 aliphatic carbocycles. The van der Waals surface area contributed by atoms with Crippen molar-refractivity contribution in [3.05, 3.63) is 29.2 Å². The summed E-state index contributed by atoms with van der Waals surface area (Å²) >= 11 is 0. The van der Waals surface area contributed by atoms with Crippen LogP contribution >= 0.6 is 0 Å². The normalized spacial score (nSPS) is 9.20. The van der Waals surface area contributed by atoms with Crippen molar-refractivity contribution in [3.8, 4) is 5.75 Å². The summed E-state index contributed by atoms with van der Waals surface area (Å²) in [6, 6.07) is 6.46. The van der Waals surface area contributed by atoms with Gasteiger partial charge in [-0.2, -0.15) is 5.84 Å². The Labute approximate surface area is 57.4 Å². The molecule has 0 saturated heterocycles. The number of phenols is 1. The molecule has 3 N–H and O–H groups in total. The summed E-state index contributed by atoms with van der Waals surface area (Å²) in [5.74, 6) is 4.83. The molecule has 0 atom stereocenters. The Morgan fingerprint density at radius 2 is 2.30 bits per heavy atom. The maximum atomic E-state index is 10.3. The van der Waals surface area contributed by atoms with Crippen LogP contribution in [0.1, 0.15) is 0 Å². The van der Waals surface area contributed by atoms with Gasteiger partial charge in [0.2, 0.25) is 0 Å². The minimum Gasteiger partial charge on any atom is -0.507 e. The number of nitrogens with two attached hydrogens (primary N) is 1. The summed E-state index contributed by atoms with van der Waals surface area (Å²) in [4.78, 5) is 10.6. The Morgan fingerprint density at radius 1 is 1.60 bits per heavy atom. The molecule has 0 unspecified atom stereocenters. The van der Waals surface area contributed by atoms with Crippen molar-refractivity contribution in [2.24, 2.45) is 5.84 Å². The third kappa shape index (κ3) is 1.22. The average Bonchev–Trinajstić information content (AvgIpc) is 1.88. The van der Waals surface area contributed by atoms with Crippen LogP contribution < -0.4 is 5.84 Å². The highest BCUT2D eigenvalue weighted by atomic mass is 16.3. The lowest BCUT2D eigenvalue weighted by Gasteiger charge is -1.85. The van der Waals surface area contributed by atoms with Gasteiger partial charge >= 0.3 is 0 Å². The van der Waals surface area contributed by atoms with Gasteiger partial charge in [-0.1, -0.05) is 0 Å². The van der Waals surface area contributed by atoms with Crippen molar-refractivity contribution in [1.82, 2.24) is 0 Å². The van der Waals surface area contributed by atoms with E-state index in [-0.39, 0.29) is 16.3 Å². The van der Waals surface area contributed by atoms with Gasteiger partial charge in [0.15, 0.2) is 4.87 Å². The summed E-state index contributed by atoms with van der Waals surface area (Å²) in [5, 5.41) is 8.72. The zero-order valence-corrected chi connectivity index (χ0v) is 5.11. The van der Waals surface area contributed by atoms with E-state index in [4.69, 9.17) is 10.9 Å². The molecule has 0 amide bonds. The number of nitroso groups, excluding NO2 is 1. The maximum absolute atomic E-state index is 10.3. The van der Waals surface area contributed by atoms with Crippen LogP contribution in [0.25, 0.3) is 0 Å². The summed E-state index contributed by atoms with van der Waals surface area (Å²) in [7, 11) is 0. The fourth-order valence-electron chi connectivity index (χ4n) is 0.546. The number of benzene rings is 1. The molecule has 4 heteroatoms. The van der Waals surface area contributed by atoms with E-state index < -0.39 is 0 Å². The van der Waals surface area contributed by atoms with Gasteiger partial charge < -0.3 is 5.11 Å². The van der Waals surface area contributed by atoms with Crippen LogP contribution in [-0.4, -0.2) is 9.98 Å². The van der Waals surface area contributed by atoms with E-state index in [9.17, 15) is 4.91 Å². The van der Waals surface area contributed by atoms with Crippen molar-refractivity contribution in [2.75, 3.05) is 0 Å². The number of nitrogens with zero attached hydrogens (tertiary/aromatic N) is 1. The lowest BCUT2D eigenvalue weighted by molar-refractivity contribution is -0.474. The maximum Gasteiger partial charge on any atom is 0.292 e. The molecule has 0 aliphatic heterocycles. The van der Waals surface area contributed by atoms with Crippen LogP contribution in [0.3, 0.4) is 0 Å². The van der Waals surface area contributed by atoms with Gasteiger partial charge in [0, 0.05) is 18.2 Å². The first-order valence-electron chi connectivity index (χ1n) is 2.63. The summed E-state index contributed by atoms with van der Waals surface area (Å²) < 4.78 is 0. The molecule has 4 nitrogen and oxygen atoms in total. The highest BCUT2D eigenvalue weighted by Gasteiger charge is 2.05. The van der Waals surface area contributed by atoms with Gasteiger partial charge in [-0.15, -0.1) is 0 Å². The Kier molecular flexibility index (Phi) is 1.53. The van der Waals surface area contributed by atoms with E-state index in [1.54, 1.807) is 0 Å². The predicted octanol–water partition coefficient (Wildman–Crippen LogP) is 0.476. The van der Waals surface area contributed by atoms with Crippen molar-refractivity contribution in [1.29, 1.82) is 0 Å². The summed E-state index contributed by atoms with van der Waals surface area (Å²) in [6.07, 6.45) is 0. The molecule has 1 aromatic carbocycles. The van der Waals surface area contributed by atoms with E-state index in [0.29, 0.717) is 0 Å². The zero-order valence-electron chi connectivity index (χ0n) is 5.11. The lowest BCUT2D eigenvalue weighted by Crippen LogP contribution is -2.08. The second-order valence-electron chi connectivity index (χ2n) is 1.76. The summed E-state index contributed by atoms with van der Waals surface area (Å²) in [5.41, 5.74) is 0.262. The highest BCUT2D eigenvalue weighted by molar-refractivity contribution is 5.33. The van der Waals surface area contributed by atoms with E-state index in [2.05, 4.69) is 6.07 Å². The molecule has 0 bridgehead atoms. The van der Waals surface area contributed by atoms with Gasteiger partial charge in [-0.25, -0.2) is 0 Å². The smallest absolute Gasteiger partial charge is 0.292 e. The fourth-order valence-corrected chi connectivity index (χ4v) is 0.546. The van der Waals surface area contributed by atoms with Crippen molar-refractivity contribution >= 4 is 5.69 Å². The molecule has 0 saturated carbocycles. The van der Waals surface area contributed by atoms with E-state index in [1.807, 2.05) is 0 Å². The van der Waals surface area contributed by atoms with Crippen molar-refractivity contribution in [2.45, 2.75) is 0 Å². The molecule has 0 spiro atoms. The van der Waals surface area contributed by atoms with Crippen molar-refractivity contribution in [3.63, 3.8) is 0 Å². The number of hydrazine groups is 1. The first-order valence-corrected chi connectivity index (χ1v) is 2.63. The fraction of sp³-hybridized carbons (Fsp3) is 0. The Morgan fingerprint density at radius 3 is 2.70 bits per heavy atom. The van der Waals surface area contributed by atoms with Crippen LogP contribution in [0.2, 0.25) is 0 Å². The number of rotatable bonds is 1. The molecule has 0 fully saturated rings. The largest absolute Gasteiger partial charge is 0.507 e. The molecule has 0 aliphatic rings. The second-order valence-corrected chi connectivity index (χ2v) is 1.76. The monoisotopic (exact) mass is 138 g/mol. The van der Waals surface area contributed by atoms with Crippen LogP contribution in [-0.2, 0) is 0 Å². The molecular weight excluding hydrogens is 132 g/mol. The molecule has 51 valence electrons. The summed E-state index contributed by atoms with van der Waals surface area (Å²) in [6.45, 7) is 0. The van der Waals surface area contributed by atoms with Gasteiger partial charge in [-0.3, -0.25) is 0 Å². The Balaban J connectivity index is 3.00. The Hall–Kier alpha value is -1.58. The van der Waals surface area contributed by atoms with E-state index in [0.717, 1.165) is 0 Å². The van der Waals surface area contributed by atoms with Gasteiger partial charge in [0.25, 0.3) is 5.69 Å². The van der Waals surface area contributed by atoms with Gasteiger partial charge in [-0.05, 0) is 6.07 Å². The minimum atomic E-state index is -0.00870. The molecule has 1 aromatic rings.